The Hall–Kier alpha value is -0.450. The highest BCUT2D eigenvalue weighted by atomic mass is 79.9. The SMILES string of the molecule is CCOC(CC)C(O)Cc1ccc(Br)cc1F. The lowest BCUT2D eigenvalue weighted by atomic mass is 10.0. The average Bonchev–Trinajstić information content (AvgIpc) is 2.29. The van der Waals surface area contributed by atoms with Gasteiger partial charge in [-0.2, -0.15) is 0 Å². The predicted octanol–water partition coefficient (Wildman–Crippen LogP) is 3.31. The molecule has 4 heteroatoms. The highest BCUT2D eigenvalue weighted by Crippen LogP contribution is 2.18. The summed E-state index contributed by atoms with van der Waals surface area (Å²) in [6.45, 7) is 4.38. The van der Waals surface area contributed by atoms with Gasteiger partial charge in [0.05, 0.1) is 12.2 Å². The van der Waals surface area contributed by atoms with Gasteiger partial charge in [-0.1, -0.05) is 28.9 Å². The maximum atomic E-state index is 13.6. The second-order valence-corrected chi connectivity index (χ2v) is 4.82. The minimum atomic E-state index is -0.671. The number of ether oxygens (including phenoxy) is 1. The minimum Gasteiger partial charge on any atom is -0.390 e. The van der Waals surface area contributed by atoms with Crippen molar-refractivity contribution in [2.75, 3.05) is 6.61 Å². The quantitative estimate of drug-likeness (QED) is 0.874. The van der Waals surface area contributed by atoms with Gasteiger partial charge in [0.15, 0.2) is 0 Å². The first-order valence-corrected chi connectivity index (χ1v) is 6.61. The van der Waals surface area contributed by atoms with Crippen LogP contribution in [0.1, 0.15) is 25.8 Å². The van der Waals surface area contributed by atoms with E-state index in [0.29, 0.717) is 23.1 Å². The summed E-state index contributed by atoms with van der Waals surface area (Å²) in [5.41, 5.74) is 0.513. The Bertz CT molecular complexity index is 357. The van der Waals surface area contributed by atoms with Crippen molar-refractivity contribution >= 4 is 15.9 Å². The van der Waals surface area contributed by atoms with Gasteiger partial charge in [-0.15, -0.1) is 0 Å². The van der Waals surface area contributed by atoms with Crippen LogP contribution in [0.15, 0.2) is 22.7 Å². The highest BCUT2D eigenvalue weighted by Gasteiger charge is 2.19. The highest BCUT2D eigenvalue weighted by molar-refractivity contribution is 9.10. The van der Waals surface area contributed by atoms with Crippen LogP contribution in [-0.4, -0.2) is 23.9 Å². The van der Waals surface area contributed by atoms with E-state index in [9.17, 15) is 9.50 Å². The number of halogens is 2. The molecule has 0 aromatic heterocycles. The van der Waals surface area contributed by atoms with Crippen molar-refractivity contribution in [1.29, 1.82) is 0 Å². The van der Waals surface area contributed by atoms with Crippen LogP contribution in [0.25, 0.3) is 0 Å². The summed E-state index contributed by atoms with van der Waals surface area (Å²) in [6, 6.07) is 4.86. The summed E-state index contributed by atoms with van der Waals surface area (Å²) < 4.78 is 19.7. The third-order valence-corrected chi connectivity index (χ3v) is 3.15. The summed E-state index contributed by atoms with van der Waals surface area (Å²) in [5.74, 6) is -0.301. The molecular formula is C13H18BrFO2. The van der Waals surface area contributed by atoms with Gasteiger partial charge < -0.3 is 9.84 Å². The van der Waals surface area contributed by atoms with Gasteiger partial charge in [-0.05, 0) is 31.0 Å². The molecule has 1 rings (SSSR count). The fourth-order valence-electron chi connectivity index (χ4n) is 1.76. The van der Waals surface area contributed by atoms with Gasteiger partial charge in [-0.25, -0.2) is 4.39 Å². The van der Waals surface area contributed by atoms with Crippen LogP contribution in [0.5, 0.6) is 0 Å². The van der Waals surface area contributed by atoms with Crippen LogP contribution in [0.3, 0.4) is 0 Å². The van der Waals surface area contributed by atoms with E-state index in [-0.39, 0.29) is 18.3 Å². The molecule has 1 aromatic rings. The number of hydrogen-bond donors (Lipinski definition) is 1. The summed E-state index contributed by atoms with van der Waals surface area (Å²) in [7, 11) is 0. The van der Waals surface area contributed by atoms with Gasteiger partial charge in [0.2, 0.25) is 0 Å². The Morgan fingerprint density at radius 3 is 2.65 bits per heavy atom. The van der Waals surface area contributed by atoms with Crippen LogP contribution in [-0.2, 0) is 11.2 Å². The van der Waals surface area contributed by atoms with E-state index in [1.165, 1.54) is 6.07 Å². The van der Waals surface area contributed by atoms with Crippen LogP contribution < -0.4 is 0 Å². The molecule has 2 nitrogen and oxygen atoms in total. The fraction of sp³-hybridized carbons (Fsp3) is 0.538. The Morgan fingerprint density at radius 1 is 1.41 bits per heavy atom. The summed E-state index contributed by atoms with van der Waals surface area (Å²) in [4.78, 5) is 0. The zero-order chi connectivity index (χ0) is 12.8. The second kappa shape index (κ2) is 7.09. The molecule has 96 valence electrons. The molecule has 0 fully saturated rings. The van der Waals surface area contributed by atoms with E-state index >= 15 is 0 Å². The average molecular weight is 305 g/mol. The zero-order valence-corrected chi connectivity index (χ0v) is 11.7. The molecule has 2 atom stereocenters. The molecule has 1 aromatic carbocycles. The number of benzene rings is 1. The summed E-state index contributed by atoms with van der Waals surface area (Å²) in [5, 5.41) is 9.98. The first kappa shape index (κ1) is 14.6. The molecular weight excluding hydrogens is 287 g/mol. The molecule has 2 unspecified atom stereocenters. The summed E-state index contributed by atoms with van der Waals surface area (Å²) >= 11 is 3.20. The monoisotopic (exact) mass is 304 g/mol. The molecule has 0 saturated carbocycles. The van der Waals surface area contributed by atoms with Gasteiger partial charge in [0.25, 0.3) is 0 Å². The molecule has 0 heterocycles. The molecule has 0 amide bonds. The first-order chi connectivity index (χ1) is 8.08. The predicted molar refractivity (Wildman–Crippen MR) is 69.5 cm³/mol. The smallest absolute Gasteiger partial charge is 0.127 e. The molecule has 0 aliphatic carbocycles. The third-order valence-electron chi connectivity index (χ3n) is 2.66. The van der Waals surface area contributed by atoms with Crippen LogP contribution in [0.2, 0.25) is 0 Å². The lowest BCUT2D eigenvalue weighted by Crippen LogP contribution is -2.30. The van der Waals surface area contributed by atoms with Crippen molar-refractivity contribution in [3.63, 3.8) is 0 Å². The van der Waals surface area contributed by atoms with Gasteiger partial charge in [0, 0.05) is 17.5 Å². The topological polar surface area (TPSA) is 29.5 Å². The maximum absolute atomic E-state index is 13.6. The lowest BCUT2D eigenvalue weighted by Gasteiger charge is -2.21. The van der Waals surface area contributed by atoms with Crippen LogP contribution >= 0.6 is 15.9 Å². The number of aliphatic hydroxyl groups excluding tert-OH is 1. The van der Waals surface area contributed by atoms with E-state index in [1.807, 2.05) is 13.8 Å². The Labute approximate surface area is 110 Å². The molecule has 1 N–H and O–H groups in total. The van der Waals surface area contributed by atoms with Crippen molar-refractivity contribution in [3.05, 3.63) is 34.1 Å². The van der Waals surface area contributed by atoms with Crippen molar-refractivity contribution in [2.45, 2.75) is 38.9 Å². The largest absolute Gasteiger partial charge is 0.390 e. The molecule has 0 spiro atoms. The Morgan fingerprint density at radius 2 is 2.12 bits per heavy atom. The minimum absolute atomic E-state index is 0.233. The van der Waals surface area contributed by atoms with Crippen LogP contribution in [0, 0.1) is 5.82 Å². The van der Waals surface area contributed by atoms with Crippen molar-refractivity contribution < 1.29 is 14.2 Å². The molecule has 0 bridgehead atoms. The third kappa shape index (κ3) is 4.37. The Balaban J connectivity index is 2.69. The molecule has 0 aliphatic heterocycles. The van der Waals surface area contributed by atoms with Gasteiger partial charge in [-0.3, -0.25) is 0 Å². The first-order valence-electron chi connectivity index (χ1n) is 5.82. The van der Waals surface area contributed by atoms with Crippen molar-refractivity contribution in [3.8, 4) is 0 Å². The van der Waals surface area contributed by atoms with Crippen LogP contribution in [0.4, 0.5) is 4.39 Å². The van der Waals surface area contributed by atoms with E-state index in [2.05, 4.69) is 15.9 Å². The maximum Gasteiger partial charge on any atom is 0.127 e. The standard InChI is InChI=1S/C13H18BrFO2/c1-3-13(17-4-2)12(16)7-9-5-6-10(14)8-11(9)15/h5-6,8,12-13,16H,3-4,7H2,1-2H3. The Kier molecular flexibility index (Phi) is 6.09. The van der Waals surface area contributed by atoms with Gasteiger partial charge >= 0.3 is 0 Å². The molecule has 0 saturated heterocycles. The molecule has 0 aliphatic rings. The summed E-state index contributed by atoms with van der Waals surface area (Å²) in [6.07, 6.45) is 0.0868. The number of hydrogen-bond acceptors (Lipinski definition) is 2. The van der Waals surface area contributed by atoms with E-state index in [0.717, 1.165) is 0 Å². The molecule has 0 radical (unpaired) electrons. The number of aliphatic hydroxyl groups is 1. The number of rotatable bonds is 6. The van der Waals surface area contributed by atoms with E-state index < -0.39 is 6.10 Å². The van der Waals surface area contributed by atoms with Crippen molar-refractivity contribution in [2.24, 2.45) is 0 Å². The normalized spacial score (nSPS) is 14.6. The van der Waals surface area contributed by atoms with E-state index in [4.69, 9.17) is 4.74 Å². The van der Waals surface area contributed by atoms with Gasteiger partial charge in [0.1, 0.15) is 5.82 Å². The van der Waals surface area contributed by atoms with E-state index in [1.54, 1.807) is 12.1 Å². The lowest BCUT2D eigenvalue weighted by molar-refractivity contribution is -0.0337. The van der Waals surface area contributed by atoms with Crippen molar-refractivity contribution in [1.82, 2.24) is 0 Å². The fourth-order valence-corrected chi connectivity index (χ4v) is 2.09. The second-order valence-electron chi connectivity index (χ2n) is 3.91. The molecule has 17 heavy (non-hydrogen) atoms. The zero-order valence-electron chi connectivity index (χ0n) is 10.1.